The van der Waals surface area contributed by atoms with Crippen LogP contribution in [-0.2, 0) is 0 Å². The fraction of sp³-hybridized carbons (Fsp3) is 0. The van der Waals surface area contributed by atoms with E-state index in [1.165, 1.54) is 6.20 Å². The van der Waals surface area contributed by atoms with E-state index in [1.54, 1.807) is 0 Å². The van der Waals surface area contributed by atoms with Gasteiger partial charge in [-0.1, -0.05) is 0 Å². The Labute approximate surface area is 50.6 Å². The highest BCUT2D eigenvalue weighted by Crippen LogP contribution is 1.40. The second-order valence-corrected chi connectivity index (χ2v) is 1.40. The number of imidazole rings is 1. The van der Waals surface area contributed by atoms with Crippen molar-refractivity contribution in [2.24, 2.45) is 0 Å². The first-order chi connectivity index (χ1) is 4.36. The van der Waals surface area contributed by atoms with Crippen molar-refractivity contribution in [2.75, 3.05) is 0 Å². The summed E-state index contributed by atoms with van der Waals surface area (Å²) in [5.74, 6) is 4.13. The van der Waals surface area contributed by atoms with Crippen LogP contribution in [0.5, 0.6) is 0 Å². The minimum atomic E-state index is 0.324. The lowest BCUT2D eigenvalue weighted by Gasteiger charge is -1.59. The molecule has 0 spiro atoms. The Morgan fingerprint density at radius 1 is 1.44 bits per heavy atom. The van der Waals surface area contributed by atoms with Crippen molar-refractivity contribution >= 4 is 11.7 Å². The maximum atomic E-state index is 6.62. The van der Waals surface area contributed by atoms with Gasteiger partial charge >= 0.3 is 0 Å². The van der Waals surface area contributed by atoms with E-state index in [0.29, 0.717) is 10.8 Å². The maximum Gasteiger partial charge on any atom is 0.194 e. The summed E-state index contributed by atoms with van der Waals surface area (Å²) in [4.78, 5) is 6.27. The molecule has 0 aliphatic heterocycles. The third-order valence-electron chi connectivity index (χ3n) is 0.829. The molecule has 1 aromatic heterocycles. The van der Waals surface area contributed by atoms with Crippen LogP contribution in [0.1, 0.15) is 0 Å². The van der Waals surface area contributed by atoms with Crippen LogP contribution in [-0.4, -0.2) is 21.7 Å². The number of rotatable bonds is 0. The van der Waals surface area contributed by atoms with E-state index < -0.39 is 0 Å². The van der Waals surface area contributed by atoms with Gasteiger partial charge in [0.15, 0.2) is 5.48 Å². The van der Waals surface area contributed by atoms with Crippen molar-refractivity contribution in [1.29, 1.82) is 10.8 Å². The molecule has 0 amide bonds. The number of aromatic amines is 1. The topological polar surface area (TPSA) is 76.4 Å². The molecule has 0 aliphatic rings. The zero-order valence-corrected chi connectivity index (χ0v) is 4.52. The van der Waals surface area contributed by atoms with Gasteiger partial charge in [-0.05, 0) is 0 Å². The van der Waals surface area contributed by atoms with Gasteiger partial charge in [0.2, 0.25) is 0 Å². The zero-order valence-electron chi connectivity index (χ0n) is 4.52. The van der Waals surface area contributed by atoms with Crippen LogP contribution in [0.15, 0.2) is 6.20 Å². The van der Waals surface area contributed by atoms with Gasteiger partial charge in [-0.15, -0.1) is 0 Å². The van der Waals surface area contributed by atoms with Crippen LogP contribution >= 0.6 is 0 Å². The van der Waals surface area contributed by atoms with Gasteiger partial charge < -0.3 is 4.98 Å². The van der Waals surface area contributed by atoms with Crippen molar-refractivity contribution in [2.45, 2.75) is 0 Å². The Morgan fingerprint density at radius 2 is 2.22 bits per heavy atom. The van der Waals surface area contributed by atoms with Crippen LogP contribution in [0.2, 0.25) is 0 Å². The summed E-state index contributed by atoms with van der Waals surface area (Å²) in [6, 6.07) is 0. The Kier molecular flexibility index (Phi) is 1.28. The van der Waals surface area contributed by atoms with Crippen LogP contribution in [0.4, 0.5) is 0 Å². The van der Waals surface area contributed by atoms with Crippen molar-refractivity contribution in [1.82, 2.24) is 9.97 Å². The molecule has 0 unspecified atom stereocenters. The van der Waals surface area contributed by atoms with Crippen molar-refractivity contribution in [3.8, 4) is 0 Å². The summed E-state index contributed by atoms with van der Waals surface area (Å²) in [6.45, 7) is 0. The fourth-order valence-electron chi connectivity index (χ4n) is 0.448. The monoisotopic (exact) mass is 120 g/mol. The van der Waals surface area contributed by atoms with Gasteiger partial charge in [0.05, 0.1) is 6.20 Å². The largest absolute Gasteiger partial charge is 0.323 e. The maximum absolute atomic E-state index is 6.62. The van der Waals surface area contributed by atoms with Gasteiger partial charge in [-0.3, -0.25) is 10.8 Å². The van der Waals surface area contributed by atoms with Crippen molar-refractivity contribution in [3.63, 3.8) is 0 Å². The lowest BCUT2D eigenvalue weighted by molar-refractivity contribution is 1.20. The third kappa shape index (κ3) is 0.941. The number of nitrogens with one attached hydrogen (secondary N) is 3. The number of H-pyrrole nitrogens is 1. The normalized spacial score (nSPS) is 8.00. The Balaban J connectivity index is 3.69. The van der Waals surface area contributed by atoms with Crippen LogP contribution in [0, 0.1) is 10.8 Å². The Bertz CT molecular complexity index is 316. The quantitative estimate of drug-likeness (QED) is 0.349. The standard InChI is InChI=1S/C5H4N4/c6-1-4-3-8-5(2-7)9-4/h3,6-7,9H. The molecule has 0 radical (unpaired) electrons. The van der Waals surface area contributed by atoms with Gasteiger partial charge in [0.1, 0.15) is 5.35 Å². The Hall–Kier alpha value is -1.63. The molecular formula is C5H4N4. The molecule has 0 aliphatic carbocycles. The SMILES string of the molecule is N=C=c1cnc(=C=N)[nH]1. The zero-order chi connectivity index (χ0) is 6.69. The highest BCUT2D eigenvalue weighted by atomic mass is 14.9. The van der Waals surface area contributed by atoms with E-state index >= 15 is 0 Å². The first-order valence-corrected chi connectivity index (χ1v) is 2.27. The molecule has 1 heterocycles. The molecule has 4 heteroatoms. The predicted octanol–water partition coefficient (Wildman–Crippen LogP) is -1.75. The summed E-state index contributed by atoms with van der Waals surface area (Å²) in [7, 11) is 0. The van der Waals surface area contributed by atoms with E-state index in [1.807, 2.05) is 5.87 Å². The number of aromatic nitrogens is 2. The average Bonchev–Trinajstić information content (AvgIpc) is 2.34. The lowest BCUT2D eigenvalue weighted by atomic mass is 10.7. The molecule has 0 atom stereocenters. The van der Waals surface area contributed by atoms with Gasteiger partial charge in [0.25, 0.3) is 0 Å². The molecular weight excluding hydrogens is 116 g/mol. The molecule has 0 bridgehead atoms. The highest BCUT2D eigenvalue weighted by molar-refractivity contribution is 5.47. The van der Waals surface area contributed by atoms with Gasteiger partial charge in [-0.2, -0.15) is 0 Å². The van der Waals surface area contributed by atoms with Crippen LogP contribution < -0.4 is 10.8 Å². The molecule has 1 aromatic rings. The molecule has 0 fully saturated rings. The molecule has 4 nitrogen and oxygen atoms in total. The second-order valence-electron chi connectivity index (χ2n) is 1.40. The smallest absolute Gasteiger partial charge is 0.194 e. The molecule has 0 aromatic carbocycles. The summed E-state index contributed by atoms with van der Waals surface area (Å²) >= 11 is 0. The van der Waals surface area contributed by atoms with E-state index in [2.05, 4.69) is 15.8 Å². The van der Waals surface area contributed by atoms with E-state index in [4.69, 9.17) is 10.8 Å². The first kappa shape index (κ1) is 5.51. The van der Waals surface area contributed by atoms with Crippen LogP contribution in [0.3, 0.4) is 0 Å². The molecule has 1 rings (SSSR count). The van der Waals surface area contributed by atoms with E-state index in [-0.39, 0.29) is 0 Å². The van der Waals surface area contributed by atoms with E-state index in [9.17, 15) is 0 Å². The number of nitrogens with zero attached hydrogens (tertiary/aromatic N) is 1. The third-order valence-corrected chi connectivity index (χ3v) is 0.829. The minimum Gasteiger partial charge on any atom is -0.323 e. The first-order valence-electron chi connectivity index (χ1n) is 2.27. The molecule has 3 N–H and O–H groups in total. The summed E-state index contributed by atoms with van der Waals surface area (Å²) in [5, 5.41) is 13.7. The summed E-state index contributed by atoms with van der Waals surface area (Å²) in [6.07, 6.45) is 1.42. The lowest BCUT2D eigenvalue weighted by Crippen LogP contribution is -2.12. The molecule has 0 saturated heterocycles. The number of hydrogen-bond acceptors (Lipinski definition) is 3. The van der Waals surface area contributed by atoms with Crippen molar-refractivity contribution < 1.29 is 0 Å². The van der Waals surface area contributed by atoms with E-state index in [0.717, 1.165) is 0 Å². The number of hydrogen-bond donors (Lipinski definition) is 3. The van der Waals surface area contributed by atoms with Crippen molar-refractivity contribution in [3.05, 3.63) is 17.0 Å². The summed E-state index contributed by atoms with van der Waals surface area (Å²) < 4.78 is 0. The molecule has 44 valence electrons. The minimum absolute atomic E-state index is 0.324. The van der Waals surface area contributed by atoms with Gasteiger partial charge in [-0.25, -0.2) is 4.98 Å². The average molecular weight is 120 g/mol. The highest BCUT2D eigenvalue weighted by Gasteiger charge is 1.78. The van der Waals surface area contributed by atoms with Crippen LogP contribution in [0.25, 0.3) is 0 Å². The predicted molar refractivity (Wildman–Crippen MR) is 31.5 cm³/mol. The van der Waals surface area contributed by atoms with Gasteiger partial charge in [0, 0.05) is 11.7 Å². The second kappa shape index (κ2) is 2.09. The Morgan fingerprint density at radius 3 is 2.56 bits per heavy atom. The fourth-order valence-corrected chi connectivity index (χ4v) is 0.448. The molecule has 9 heavy (non-hydrogen) atoms. The molecule has 0 saturated carbocycles. The summed E-state index contributed by atoms with van der Waals surface area (Å²) in [5.41, 5.74) is 0.324.